The fraction of sp³-hybridized carbons (Fsp3) is 0.538. The van der Waals surface area contributed by atoms with Crippen LogP contribution < -0.4 is 10.0 Å². The van der Waals surface area contributed by atoms with Crippen LogP contribution >= 0.6 is 11.8 Å². The maximum atomic E-state index is 11.6. The number of sulfonamides is 1. The van der Waals surface area contributed by atoms with Crippen LogP contribution in [-0.2, 0) is 10.0 Å². The Labute approximate surface area is 119 Å². The van der Waals surface area contributed by atoms with Crippen molar-refractivity contribution < 1.29 is 8.42 Å². The van der Waals surface area contributed by atoms with Crippen molar-refractivity contribution in [3.05, 3.63) is 24.3 Å². The number of thioether (sulfide) groups is 1. The summed E-state index contributed by atoms with van der Waals surface area (Å²) in [4.78, 5) is 0.298. The van der Waals surface area contributed by atoms with E-state index in [4.69, 9.17) is 0 Å². The highest BCUT2D eigenvalue weighted by atomic mass is 32.2. The second-order valence-corrected chi connectivity index (χ2v) is 8.07. The third kappa shape index (κ3) is 3.64. The normalized spacial score (nSPS) is 24.1. The third-order valence-electron chi connectivity index (χ3n) is 3.39. The zero-order valence-corrected chi connectivity index (χ0v) is 12.9. The van der Waals surface area contributed by atoms with Crippen molar-refractivity contribution in [3.63, 3.8) is 0 Å². The zero-order chi connectivity index (χ0) is 13.9. The highest BCUT2D eigenvalue weighted by Crippen LogP contribution is 2.27. The SMILES string of the molecule is CNS(=O)(=O)c1ccc(NC2CCCSC2C)cc1. The lowest BCUT2D eigenvalue weighted by molar-refractivity contribution is 0.588. The molecule has 2 atom stereocenters. The van der Waals surface area contributed by atoms with Crippen molar-refractivity contribution in [2.24, 2.45) is 0 Å². The molecule has 1 saturated heterocycles. The molecular formula is C13H20N2O2S2. The first-order valence-corrected chi connectivity index (χ1v) is 8.98. The first-order chi connectivity index (χ1) is 9.03. The highest BCUT2D eigenvalue weighted by Gasteiger charge is 2.21. The van der Waals surface area contributed by atoms with E-state index in [2.05, 4.69) is 17.0 Å². The van der Waals surface area contributed by atoms with Crippen molar-refractivity contribution in [1.82, 2.24) is 4.72 Å². The van der Waals surface area contributed by atoms with E-state index in [0.29, 0.717) is 16.2 Å². The van der Waals surface area contributed by atoms with Gasteiger partial charge < -0.3 is 5.32 Å². The molecule has 106 valence electrons. The first-order valence-electron chi connectivity index (χ1n) is 6.44. The fourth-order valence-electron chi connectivity index (χ4n) is 2.18. The van der Waals surface area contributed by atoms with Crippen LogP contribution in [0.25, 0.3) is 0 Å². The summed E-state index contributed by atoms with van der Waals surface area (Å²) in [5, 5.41) is 4.08. The Morgan fingerprint density at radius 2 is 1.95 bits per heavy atom. The van der Waals surface area contributed by atoms with Crippen LogP contribution in [0.2, 0.25) is 0 Å². The van der Waals surface area contributed by atoms with Crippen LogP contribution in [-0.4, -0.2) is 32.5 Å². The molecule has 2 unspecified atom stereocenters. The number of rotatable bonds is 4. The molecule has 4 nitrogen and oxygen atoms in total. The van der Waals surface area contributed by atoms with Crippen molar-refractivity contribution in [2.45, 2.75) is 36.0 Å². The molecule has 1 aliphatic rings. The van der Waals surface area contributed by atoms with Gasteiger partial charge in [-0.3, -0.25) is 0 Å². The summed E-state index contributed by atoms with van der Waals surface area (Å²) in [5.41, 5.74) is 0.981. The quantitative estimate of drug-likeness (QED) is 0.896. The van der Waals surface area contributed by atoms with Gasteiger partial charge in [-0.1, -0.05) is 6.92 Å². The Balaban J connectivity index is 2.06. The molecule has 1 heterocycles. The standard InChI is InChI=1S/C13H20N2O2S2/c1-10-13(4-3-9-18-10)15-11-5-7-12(8-6-11)19(16,17)14-2/h5-8,10,13-15H,3-4,9H2,1-2H3. The molecule has 0 saturated carbocycles. The van der Waals surface area contributed by atoms with Gasteiger partial charge in [-0.05, 0) is 49.9 Å². The van der Waals surface area contributed by atoms with E-state index in [9.17, 15) is 8.42 Å². The summed E-state index contributed by atoms with van der Waals surface area (Å²) < 4.78 is 25.6. The van der Waals surface area contributed by atoms with Gasteiger partial charge in [0.15, 0.2) is 0 Å². The Bertz CT molecular complexity index is 514. The lowest BCUT2D eigenvalue weighted by Gasteiger charge is -2.30. The number of nitrogens with one attached hydrogen (secondary N) is 2. The summed E-state index contributed by atoms with van der Waals surface area (Å²) in [6, 6.07) is 7.39. The van der Waals surface area contributed by atoms with Crippen LogP contribution in [0, 0.1) is 0 Å². The van der Waals surface area contributed by atoms with E-state index in [1.807, 2.05) is 23.9 Å². The van der Waals surface area contributed by atoms with Crippen LogP contribution in [0.5, 0.6) is 0 Å². The van der Waals surface area contributed by atoms with Crippen LogP contribution in [0.15, 0.2) is 29.2 Å². The summed E-state index contributed by atoms with van der Waals surface area (Å²) in [7, 11) is -1.92. The van der Waals surface area contributed by atoms with Crippen molar-refractivity contribution in [1.29, 1.82) is 0 Å². The molecule has 0 aromatic heterocycles. The van der Waals surface area contributed by atoms with E-state index >= 15 is 0 Å². The predicted molar refractivity (Wildman–Crippen MR) is 81.3 cm³/mol. The van der Waals surface area contributed by atoms with E-state index in [1.165, 1.54) is 25.6 Å². The van der Waals surface area contributed by atoms with Crippen LogP contribution in [0.4, 0.5) is 5.69 Å². The van der Waals surface area contributed by atoms with Crippen LogP contribution in [0.1, 0.15) is 19.8 Å². The van der Waals surface area contributed by atoms with Gasteiger partial charge in [-0.15, -0.1) is 0 Å². The summed E-state index contributed by atoms with van der Waals surface area (Å²) in [5.74, 6) is 1.23. The Morgan fingerprint density at radius 3 is 2.53 bits per heavy atom. The Kier molecular flexibility index (Phi) is 4.76. The van der Waals surface area contributed by atoms with Gasteiger partial charge in [-0.25, -0.2) is 13.1 Å². The van der Waals surface area contributed by atoms with Gasteiger partial charge >= 0.3 is 0 Å². The molecule has 2 rings (SSSR count). The molecule has 1 fully saturated rings. The fourth-order valence-corrected chi connectivity index (χ4v) is 4.05. The van der Waals surface area contributed by atoms with E-state index in [-0.39, 0.29) is 0 Å². The molecule has 0 radical (unpaired) electrons. The predicted octanol–water partition coefficient (Wildman–Crippen LogP) is 2.29. The monoisotopic (exact) mass is 300 g/mol. The van der Waals surface area contributed by atoms with Crippen molar-refractivity contribution >= 4 is 27.5 Å². The first kappa shape index (κ1) is 14.7. The molecule has 1 aromatic rings. The van der Waals surface area contributed by atoms with E-state index < -0.39 is 10.0 Å². The van der Waals surface area contributed by atoms with Gasteiger partial charge in [-0.2, -0.15) is 11.8 Å². The van der Waals surface area contributed by atoms with Gasteiger partial charge in [0.25, 0.3) is 0 Å². The molecule has 0 amide bonds. The minimum absolute atomic E-state index is 0.298. The number of benzene rings is 1. The average molecular weight is 300 g/mol. The minimum atomic E-state index is -3.34. The van der Waals surface area contributed by atoms with E-state index in [1.54, 1.807) is 12.1 Å². The lowest BCUT2D eigenvalue weighted by Crippen LogP contribution is -2.32. The maximum Gasteiger partial charge on any atom is 0.240 e. The average Bonchev–Trinajstić information content (AvgIpc) is 2.42. The number of anilines is 1. The summed E-state index contributed by atoms with van der Waals surface area (Å²) in [6.07, 6.45) is 2.41. The van der Waals surface area contributed by atoms with Gasteiger partial charge in [0.2, 0.25) is 10.0 Å². The molecule has 6 heteroatoms. The largest absolute Gasteiger partial charge is 0.381 e. The minimum Gasteiger partial charge on any atom is -0.381 e. The second-order valence-electron chi connectivity index (χ2n) is 4.70. The van der Waals surface area contributed by atoms with Gasteiger partial charge in [0.05, 0.1) is 4.90 Å². The molecule has 0 aliphatic carbocycles. The molecule has 19 heavy (non-hydrogen) atoms. The Hall–Kier alpha value is -0.720. The van der Waals surface area contributed by atoms with Gasteiger partial charge in [0.1, 0.15) is 0 Å². The van der Waals surface area contributed by atoms with Crippen molar-refractivity contribution in [3.8, 4) is 0 Å². The van der Waals surface area contributed by atoms with Gasteiger partial charge in [0, 0.05) is 17.0 Å². The lowest BCUT2D eigenvalue weighted by atomic mass is 10.1. The second kappa shape index (κ2) is 6.15. The topological polar surface area (TPSA) is 58.2 Å². The van der Waals surface area contributed by atoms with E-state index in [0.717, 1.165) is 5.69 Å². The highest BCUT2D eigenvalue weighted by molar-refractivity contribution is 8.00. The molecule has 0 spiro atoms. The third-order valence-corrected chi connectivity index (χ3v) is 6.20. The Morgan fingerprint density at radius 1 is 1.26 bits per heavy atom. The molecule has 1 aromatic carbocycles. The number of hydrogen-bond donors (Lipinski definition) is 2. The number of hydrogen-bond acceptors (Lipinski definition) is 4. The van der Waals surface area contributed by atoms with Crippen LogP contribution in [0.3, 0.4) is 0 Å². The maximum absolute atomic E-state index is 11.6. The summed E-state index contributed by atoms with van der Waals surface area (Å²) >= 11 is 1.99. The van der Waals surface area contributed by atoms with Crippen molar-refractivity contribution in [2.75, 3.05) is 18.1 Å². The smallest absolute Gasteiger partial charge is 0.240 e. The molecule has 0 bridgehead atoms. The summed E-state index contributed by atoms with van der Waals surface area (Å²) in [6.45, 7) is 2.24. The molecular weight excluding hydrogens is 280 g/mol. The zero-order valence-electron chi connectivity index (χ0n) is 11.2. The molecule has 1 aliphatic heterocycles. The molecule has 2 N–H and O–H groups in total.